The molecule has 3 saturated heterocycles. The molecule has 8 atom stereocenters. The lowest BCUT2D eigenvalue weighted by Gasteiger charge is -2.39. The third-order valence-corrected chi connectivity index (χ3v) is 9.74. The van der Waals surface area contributed by atoms with Crippen LogP contribution in [0.5, 0.6) is 0 Å². The van der Waals surface area contributed by atoms with Gasteiger partial charge >= 0.3 is 0 Å². The lowest BCUT2D eigenvalue weighted by Crippen LogP contribution is -2.57. The van der Waals surface area contributed by atoms with Crippen LogP contribution in [0.2, 0.25) is 0 Å². The fourth-order valence-electron chi connectivity index (χ4n) is 6.79. The summed E-state index contributed by atoms with van der Waals surface area (Å²) >= 11 is 3.71. The predicted molar refractivity (Wildman–Crippen MR) is 152 cm³/mol. The Morgan fingerprint density at radius 2 is 1.77 bits per heavy atom. The molecule has 3 N–H and O–H groups in total. The number of aryl methyl sites for hydroxylation is 2. The van der Waals surface area contributed by atoms with Crippen molar-refractivity contribution in [1.29, 1.82) is 0 Å². The zero-order valence-corrected chi connectivity index (χ0v) is 24.3. The van der Waals surface area contributed by atoms with E-state index in [9.17, 15) is 19.5 Å². The Labute approximate surface area is 237 Å². The molecule has 3 unspecified atom stereocenters. The Balaban J connectivity index is 1.57. The lowest BCUT2D eigenvalue weighted by atomic mass is 9.70. The van der Waals surface area contributed by atoms with Gasteiger partial charge in [0.05, 0.1) is 30.6 Å². The minimum absolute atomic E-state index is 0.0711. The summed E-state index contributed by atoms with van der Waals surface area (Å²) in [6.07, 6.45) is 0.556. The number of amides is 3. The van der Waals surface area contributed by atoms with Gasteiger partial charge in [0.1, 0.15) is 11.6 Å². The molecule has 0 aromatic heterocycles. The number of aliphatic hydroxyl groups excluding tert-OH is 1. The van der Waals surface area contributed by atoms with Crippen LogP contribution >= 0.6 is 15.9 Å². The molecule has 208 valence electrons. The van der Waals surface area contributed by atoms with Crippen LogP contribution in [0.1, 0.15) is 37.8 Å². The first-order chi connectivity index (χ1) is 18.6. The largest absolute Gasteiger partial charge is 0.394 e. The number of anilines is 2. The van der Waals surface area contributed by atoms with E-state index in [-0.39, 0.29) is 35.1 Å². The van der Waals surface area contributed by atoms with Crippen LogP contribution in [-0.4, -0.2) is 63.0 Å². The average Bonchev–Trinajstić information content (AvgIpc) is 3.51. The van der Waals surface area contributed by atoms with E-state index in [1.165, 1.54) is 4.90 Å². The van der Waals surface area contributed by atoms with Crippen molar-refractivity contribution >= 4 is 45.0 Å². The number of alkyl halides is 1. The van der Waals surface area contributed by atoms with E-state index in [1.807, 2.05) is 64.1 Å². The molecule has 3 heterocycles. The van der Waals surface area contributed by atoms with E-state index >= 15 is 0 Å². The summed E-state index contributed by atoms with van der Waals surface area (Å²) in [6.45, 7) is 7.51. The van der Waals surface area contributed by atoms with Crippen molar-refractivity contribution in [1.82, 2.24) is 4.90 Å². The van der Waals surface area contributed by atoms with Crippen LogP contribution in [0, 0.1) is 31.6 Å². The molecule has 39 heavy (non-hydrogen) atoms. The summed E-state index contributed by atoms with van der Waals surface area (Å²) < 4.78 is 6.60. The van der Waals surface area contributed by atoms with E-state index in [0.29, 0.717) is 24.2 Å². The number of carbonyl (C=O) groups is 3. The Hall–Kier alpha value is -2.75. The summed E-state index contributed by atoms with van der Waals surface area (Å²) in [6, 6.07) is 13.3. The summed E-state index contributed by atoms with van der Waals surface area (Å²) in [4.78, 5) is 43.6. The van der Waals surface area contributed by atoms with Gasteiger partial charge in [-0.25, -0.2) is 0 Å². The predicted octanol–water partition coefficient (Wildman–Crippen LogP) is 4.04. The molecule has 9 heteroatoms. The third-order valence-electron chi connectivity index (χ3n) is 8.89. The van der Waals surface area contributed by atoms with E-state index in [1.54, 1.807) is 12.1 Å². The molecule has 0 saturated carbocycles. The van der Waals surface area contributed by atoms with Crippen LogP contribution in [-0.2, 0) is 19.1 Å². The molecule has 2 aromatic rings. The minimum atomic E-state index is -1.20. The van der Waals surface area contributed by atoms with Crippen molar-refractivity contribution in [3.63, 3.8) is 0 Å². The number of nitrogens with zero attached hydrogens (tertiary/aromatic N) is 1. The first-order valence-corrected chi connectivity index (χ1v) is 14.5. The van der Waals surface area contributed by atoms with Gasteiger partial charge in [-0.05, 0) is 49.4 Å². The lowest BCUT2D eigenvalue weighted by molar-refractivity contribution is -0.144. The Kier molecular flexibility index (Phi) is 7.61. The van der Waals surface area contributed by atoms with Crippen LogP contribution < -0.4 is 10.6 Å². The highest BCUT2D eigenvalue weighted by molar-refractivity contribution is 9.09. The van der Waals surface area contributed by atoms with Gasteiger partial charge in [0, 0.05) is 16.2 Å². The van der Waals surface area contributed by atoms with E-state index < -0.39 is 35.6 Å². The average molecular weight is 599 g/mol. The van der Waals surface area contributed by atoms with Crippen molar-refractivity contribution in [2.45, 2.75) is 69.2 Å². The van der Waals surface area contributed by atoms with Gasteiger partial charge in [0.2, 0.25) is 17.7 Å². The molecule has 3 amide bonds. The van der Waals surface area contributed by atoms with E-state index in [0.717, 1.165) is 11.1 Å². The molecule has 3 fully saturated rings. The first-order valence-electron chi connectivity index (χ1n) is 13.6. The Morgan fingerprint density at radius 1 is 1.10 bits per heavy atom. The third kappa shape index (κ3) is 4.48. The molecule has 5 rings (SSSR count). The van der Waals surface area contributed by atoms with Gasteiger partial charge in [0.15, 0.2) is 0 Å². The zero-order chi connectivity index (χ0) is 28.1. The minimum Gasteiger partial charge on any atom is -0.394 e. The monoisotopic (exact) mass is 597 g/mol. The quantitative estimate of drug-likeness (QED) is 0.398. The maximum atomic E-state index is 14.3. The van der Waals surface area contributed by atoms with Crippen LogP contribution in [0.4, 0.5) is 11.4 Å². The van der Waals surface area contributed by atoms with Gasteiger partial charge in [-0.3, -0.25) is 14.4 Å². The van der Waals surface area contributed by atoms with Gasteiger partial charge in [-0.15, -0.1) is 0 Å². The van der Waals surface area contributed by atoms with E-state index in [2.05, 4.69) is 26.6 Å². The van der Waals surface area contributed by atoms with Crippen LogP contribution in [0.25, 0.3) is 0 Å². The molecular formula is C30H36BrN3O5. The van der Waals surface area contributed by atoms with Crippen molar-refractivity contribution in [2.24, 2.45) is 17.8 Å². The number of carbonyl (C=O) groups excluding carboxylic acids is 3. The molecule has 3 aliphatic rings. The molecule has 0 radical (unpaired) electrons. The highest BCUT2D eigenvalue weighted by atomic mass is 79.9. The summed E-state index contributed by atoms with van der Waals surface area (Å²) in [5.41, 5.74) is 1.94. The number of likely N-dealkylation sites (tertiary alicyclic amines) is 1. The van der Waals surface area contributed by atoms with Crippen LogP contribution in [0.15, 0.2) is 48.5 Å². The number of fused-ring (bicyclic) bond motifs is 1. The molecule has 0 aliphatic carbocycles. The Bertz CT molecular complexity index is 1250. The number of para-hydroxylation sites is 2. The molecule has 8 nitrogen and oxygen atoms in total. The second-order valence-corrected chi connectivity index (χ2v) is 12.3. The van der Waals surface area contributed by atoms with Crippen LogP contribution in [0.3, 0.4) is 0 Å². The van der Waals surface area contributed by atoms with Gasteiger partial charge in [-0.1, -0.05) is 72.6 Å². The highest BCUT2D eigenvalue weighted by Crippen LogP contribution is 2.60. The molecule has 1 spiro atoms. The first kappa shape index (κ1) is 27.8. The fraction of sp³-hybridized carbons (Fsp3) is 0.500. The molecule has 3 aliphatic heterocycles. The zero-order valence-electron chi connectivity index (χ0n) is 22.7. The molecule has 2 aromatic carbocycles. The normalized spacial score (nSPS) is 30.7. The van der Waals surface area contributed by atoms with Crippen molar-refractivity contribution < 1.29 is 24.2 Å². The number of ether oxygens (including phenoxy) is 1. The second-order valence-electron chi connectivity index (χ2n) is 11.2. The number of hydrogen-bond donors (Lipinski definition) is 3. The number of hydrogen-bond acceptors (Lipinski definition) is 5. The van der Waals surface area contributed by atoms with Crippen molar-refractivity contribution in [3.05, 3.63) is 59.7 Å². The topological polar surface area (TPSA) is 108 Å². The number of aliphatic hydroxyl groups is 1. The van der Waals surface area contributed by atoms with E-state index in [4.69, 9.17) is 4.74 Å². The number of halogens is 1. The Morgan fingerprint density at radius 3 is 2.38 bits per heavy atom. The molecular weight excluding hydrogens is 562 g/mol. The maximum Gasteiger partial charge on any atom is 0.250 e. The fourth-order valence-corrected chi connectivity index (χ4v) is 7.73. The standard InChI is InChI=1S/C30H36BrN3O5/c1-5-16(2)21(15-35)34-26(28(37)33-24-17(3)10-9-11-18(24)4)30-14-20(31)25(39-30)22(23(30)29(34)38)27(36)32-19-12-7-6-8-13-19/h6-13,16,20-23,25-26,35H,5,14-15H2,1-4H3,(H,32,36)(H,33,37)/t16-,20?,21-,22+,23-,25+,26?,30?/m0/s1. The highest BCUT2D eigenvalue weighted by Gasteiger charge is 2.77. The number of benzene rings is 2. The summed E-state index contributed by atoms with van der Waals surface area (Å²) in [5, 5.41) is 16.5. The van der Waals surface area contributed by atoms with Gasteiger partial charge in [-0.2, -0.15) is 0 Å². The number of nitrogens with one attached hydrogen (secondary N) is 2. The second kappa shape index (κ2) is 10.7. The van der Waals surface area contributed by atoms with Crippen molar-refractivity contribution in [2.75, 3.05) is 17.2 Å². The summed E-state index contributed by atoms with van der Waals surface area (Å²) in [7, 11) is 0. The SMILES string of the molecule is CC[C@H](C)[C@H](CO)N1C(=O)[C@@H]2[C@@H](C(=O)Nc3ccccc3)[C@@H]3OC2(CC3Br)C1C(=O)Nc1c(C)cccc1C. The maximum absolute atomic E-state index is 14.3. The van der Waals surface area contributed by atoms with Gasteiger partial charge < -0.3 is 25.4 Å². The van der Waals surface area contributed by atoms with Gasteiger partial charge in [0.25, 0.3) is 0 Å². The van der Waals surface area contributed by atoms with Crippen molar-refractivity contribution in [3.8, 4) is 0 Å². The smallest absolute Gasteiger partial charge is 0.250 e. The molecule has 2 bridgehead atoms. The number of rotatable bonds is 8. The summed E-state index contributed by atoms with van der Waals surface area (Å²) in [5.74, 6) is -2.69.